The van der Waals surface area contributed by atoms with Crippen LogP contribution in [0.2, 0.25) is 2.86 Å². The zero-order valence-electron chi connectivity index (χ0n) is 88.9. The van der Waals surface area contributed by atoms with Gasteiger partial charge < -0.3 is 31.3 Å². The molecule has 0 fully saturated rings. The first kappa shape index (κ1) is 147. The number of hydrogen-bond acceptors (Lipinski definition) is 9. The van der Waals surface area contributed by atoms with Gasteiger partial charge in [0.15, 0.2) is 8.15 Å². The summed E-state index contributed by atoms with van der Waals surface area (Å²) in [5.74, 6) is 10.1. The van der Waals surface area contributed by atoms with Crippen molar-refractivity contribution in [2.45, 2.75) is 333 Å². The van der Waals surface area contributed by atoms with Crippen LogP contribution in [0.5, 0.6) is 17.2 Å². The molecule has 0 aromatic heterocycles. The monoisotopic (exact) mass is 2570 g/mol. The Morgan fingerprint density at radius 3 is 1.16 bits per heavy atom. The van der Waals surface area contributed by atoms with Gasteiger partial charge >= 0.3 is 0 Å². The number of benzene rings is 6. The molecule has 0 bridgehead atoms. The third-order valence-corrected chi connectivity index (χ3v) is 31.4. The van der Waals surface area contributed by atoms with E-state index in [2.05, 4.69) is 435 Å². The van der Waals surface area contributed by atoms with Gasteiger partial charge in [-0.1, -0.05) is 238 Å². The van der Waals surface area contributed by atoms with Crippen molar-refractivity contribution in [3.8, 4) is 17.2 Å². The first-order chi connectivity index (χ1) is 60.2. The zero-order chi connectivity index (χ0) is 102. The van der Waals surface area contributed by atoms with Crippen LogP contribution in [0.1, 0.15) is 294 Å². The third kappa shape index (κ3) is 92.3. The number of ether oxygens (including phenoxy) is 2. The Balaban J connectivity index is -0.0000000895. The largest absolute Gasteiger partial charge is 0.683 e. The van der Waals surface area contributed by atoms with Gasteiger partial charge in [0.2, 0.25) is 2.86 Å². The number of allylic oxidation sites excluding steroid dienone is 9. The predicted octanol–water partition coefficient (Wildman–Crippen LogP) is 33.8. The molecular weight excluding hydrogens is 2380 g/mol. The van der Waals surface area contributed by atoms with Crippen LogP contribution in [0.15, 0.2) is 234 Å². The number of halogens is 2. The molecule has 0 spiro atoms. The predicted molar refractivity (Wildman–Crippen MR) is 568 cm³/mol. The van der Waals surface area contributed by atoms with Crippen molar-refractivity contribution < 1.29 is 127 Å². The van der Waals surface area contributed by atoms with Crippen LogP contribution in [0, 0.1) is 52.3 Å². The summed E-state index contributed by atoms with van der Waals surface area (Å²) in [6.45, 7) is 102. The second-order valence-corrected chi connectivity index (χ2v) is 48.6. The normalized spacial score (nSPS) is 10.3. The van der Waals surface area contributed by atoms with E-state index in [-0.39, 0.29) is 98.7 Å². The fourth-order valence-corrected chi connectivity index (χ4v) is 25.3. The Kier molecular flexibility index (Phi) is 124. The summed E-state index contributed by atoms with van der Waals surface area (Å²) >= 11 is 0. The van der Waals surface area contributed by atoms with Crippen LogP contribution >= 0.6 is 31.9 Å². The minimum absolute atomic E-state index is 0. The number of rotatable bonds is 25. The van der Waals surface area contributed by atoms with Gasteiger partial charge in [-0.2, -0.15) is 80.8 Å². The van der Waals surface area contributed by atoms with E-state index in [1.165, 1.54) is 115 Å². The molecule has 0 aliphatic rings. The Hall–Kier alpha value is -4.17. The van der Waals surface area contributed by atoms with E-state index >= 15 is 0 Å². The van der Waals surface area contributed by atoms with E-state index in [0.717, 1.165) is 57.7 Å². The first-order valence-corrected chi connectivity index (χ1v) is 49.8. The molecule has 0 unspecified atom stereocenters. The summed E-state index contributed by atoms with van der Waals surface area (Å²) in [5, 5.41) is 17.7. The number of nitrogens with two attached hydrogens (primary N) is 2. The van der Waals surface area contributed by atoms with E-state index < -0.39 is 24.0 Å². The molecule has 6 aromatic rings. The van der Waals surface area contributed by atoms with Crippen molar-refractivity contribution in [1.82, 2.24) is 0 Å². The Bertz CT molecular complexity index is 3590. The van der Waals surface area contributed by atoms with Gasteiger partial charge in [0.05, 0.1) is 51.0 Å². The van der Waals surface area contributed by atoms with Crippen molar-refractivity contribution in [2.24, 2.45) is 11.8 Å². The second-order valence-electron chi connectivity index (χ2n) is 32.8. The molecule has 0 aliphatic carbocycles. The SMILES string of the molecule is C/C=C/C=C/C.C/C=C/CCC.C=C=C.C=C=C.C=C=C.C=C=C.C=CCCCC.CC/C=C/CC.CCCCCC.[3H]OF.[3H]OF.[3H]ON.[3H]ON.[CH2-]Cc1[c-]c(C[PH+](C(C)(C)C)C(C)(C)C)ccc1.[CH2-]Oc1[c-]c(C[PH+](C(C)C)C(C)C)ccc1.[CH2-]Oc1[c-]c(O[PH+](C(C)(C)C)C(C)(C)C)ccc1.[CH2-]c1cccc2cc3cccc([PH+](C(C)C)C(C)C)c3[c-]c12.[Ir].[Ir].[Ir].[Ir]. The Labute approximate surface area is 852 Å². The maximum atomic E-state index is 9.46. The first-order valence-electron chi connectivity index (χ1n) is 44.8. The molecule has 6 rings (SSSR count). The smallest absolute Gasteiger partial charge is 0.261 e. The summed E-state index contributed by atoms with van der Waals surface area (Å²) in [5.41, 5.74) is 17.0. The molecule has 8 N–H and O–H groups in total. The summed E-state index contributed by atoms with van der Waals surface area (Å²) in [6.07, 6.45) is 35.9. The van der Waals surface area contributed by atoms with Crippen LogP contribution in [-0.4, -0.2) is 67.2 Å². The van der Waals surface area contributed by atoms with Gasteiger partial charge in [-0.25, -0.2) is 34.7 Å². The van der Waals surface area contributed by atoms with Crippen LogP contribution < -0.4 is 31.1 Å². The minimum Gasteiger partial charge on any atom is -0.683 e. The Morgan fingerprint density at radius 2 is 0.836 bits per heavy atom. The molecule has 0 saturated heterocycles. The zero-order valence-corrected chi connectivity index (χ0v) is 98.5. The molecule has 6 aromatic carbocycles. The van der Waals surface area contributed by atoms with Gasteiger partial charge in [0.25, 0.3) is 2.86 Å². The topological polar surface area (TPSA) is 161 Å². The van der Waals surface area contributed by atoms with E-state index in [9.17, 15) is 9.05 Å². The van der Waals surface area contributed by atoms with Crippen molar-refractivity contribution in [1.29, 1.82) is 2.86 Å². The molecule has 0 saturated carbocycles. The average Bonchev–Trinajstić information content (AvgIpc) is 0.770. The molecule has 0 atom stereocenters. The number of hydrogen-bond donors (Lipinski definition) is 6. The second kappa shape index (κ2) is 108. The molecule has 0 heterocycles. The molecule has 744 valence electrons. The third-order valence-electron chi connectivity index (χ3n) is 16.6. The van der Waals surface area contributed by atoms with Gasteiger partial charge in [0, 0.05) is 109 Å². The van der Waals surface area contributed by atoms with Crippen molar-refractivity contribution >= 4 is 58.8 Å². The maximum absolute atomic E-state index is 9.46. The van der Waals surface area contributed by atoms with E-state index in [4.69, 9.17) is 19.7 Å². The van der Waals surface area contributed by atoms with Crippen LogP contribution in [0.3, 0.4) is 0 Å². The minimum atomic E-state index is -1.06. The van der Waals surface area contributed by atoms with E-state index in [1.54, 1.807) is 0 Å². The standard InChI is InChI=1S/C21H23P.C17H27P.C15H23O2P.C14H21OP.C6H14.3C6H12.C6H10.4C3H4.2FHO.4Ir.2H3NO/c1-14(2)22(15(3)4)21-11-7-10-18-12-17-9-6-8-16(5)19(17)13-20(18)21;1-8-14-10-9-11-15(12-14)13-18(16(2,3)4)17(5,6)7;1-14(2,3)18(15(4,5)6)17-13-10-8-9-12(11-13)16-7;1-11(2)16(12(3)4)10-13-7-6-8-14(9-13)15-5;5*1-3-5-6-4-2;4*1-3-2;2*1-2;;;;;2*1-2/h6-12,14-15H,5H2,1-4H3;9-11H,1,8,13H2,2-7H3;8-10H,7H2,1-6H3;6-8,11-12H,5,10H2,1-4H3;3-6H2,1-2H3;5-6H,3-4H2,1-2H3;3,5H,4,6H2,1-2H3;3H,1,4-6H2,2H3;3-6H,1-2H3;4*1-2H2;2*2H;;;;;2*2H,1H2/q4*-2;;;;;;;;;;;;;;;;;/p+4/b;;;;;6-5+;5-3+;;5-3+,6-4+;;;;;;;;;;;;/i;;;;;;;;;;;;;2*2T;;;;;2*2T. The van der Waals surface area contributed by atoms with Crippen molar-refractivity contribution in [3.05, 3.63) is 308 Å². The van der Waals surface area contributed by atoms with Crippen molar-refractivity contribution in [2.75, 3.05) is 0 Å². The van der Waals surface area contributed by atoms with Gasteiger partial charge in [-0.15, -0.1) is 88.5 Å². The van der Waals surface area contributed by atoms with Crippen LogP contribution in [-0.2, 0) is 99.2 Å². The fourth-order valence-electron chi connectivity index (χ4n) is 12.0. The number of unbranched alkanes of at least 4 members (excludes halogenated alkanes) is 6. The van der Waals surface area contributed by atoms with E-state index in [1.807, 2.05) is 85.2 Å². The summed E-state index contributed by atoms with van der Waals surface area (Å²) in [7, 11) is 4.28. The van der Waals surface area contributed by atoms with Crippen LogP contribution in [0.25, 0.3) is 21.5 Å². The molecular formula is C109H182F2Ir4N2O7P4-4. The Morgan fingerprint density at radius 1 is 0.477 bits per heavy atom. The molecule has 0 amide bonds. The quantitative estimate of drug-likeness (QED) is 0.00479. The molecule has 128 heavy (non-hydrogen) atoms. The van der Waals surface area contributed by atoms with Crippen molar-refractivity contribution in [3.63, 3.8) is 0 Å². The van der Waals surface area contributed by atoms with E-state index in [0.29, 0.717) is 16.1 Å². The average molecular weight is 2570 g/mol. The molecule has 4 radical (unpaired) electrons. The fraction of sp³-hybridized carbons (Fsp3) is 0.468. The van der Waals surface area contributed by atoms with Crippen LogP contribution in [0.4, 0.5) is 9.05 Å². The molecule has 9 nitrogen and oxygen atoms in total. The summed E-state index contributed by atoms with van der Waals surface area (Å²) in [6, 6.07) is 47.1. The van der Waals surface area contributed by atoms with Gasteiger partial charge in [-0.05, 0) is 196 Å². The van der Waals surface area contributed by atoms with Gasteiger partial charge in [0.1, 0.15) is 10.3 Å². The summed E-state index contributed by atoms with van der Waals surface area (Å²) < 4.78 is 56.1. The summed E-state index contributed by atoms with van der Waals surface area (Å²) in [4.78, 5) is 0. The van der Waals surface area contributed by atoms with Gasteiger partial charge in [-0.3, -0.25) is 5.56 Å². The molecule has 19 heteroatoms. The number of fused-ring (bicyclic) bond motifs is 2. The molecule has 0 aliphatic heterocycles. The maximum Gasteiger partial charge on any atom is 0.261 e.